The van der Waals surface area contributed by atoms with Crippen LogP contribution in [-0.4, -0.2) is 16.6 Å². The molecule has 0 radical (unpaired) electrons. The van der Waals surface area contributed by atoms with Crippen LogP contribution in [-0.2, 0) is 4.79 Å². The van der Waals surface area contributed by atoms with E-state index in [0.717, 1.165) is 16.3 Å². The monoisotopic (exact) mass is 307 g/mol. The van der Waals surface area contributed by atoms with Crippen LogP contribution in [0.2, 0.25) is 0 Å². The van der Waals surface area contributed by atoms with Gasteiger partial charge in [-0.25, -0.2) is 13.8 Å². The van der Waals surface area contributed by atoms with E-state index in [4.69, 9.17) is 0 Å². The molecule has 2 N–H and O–H groups in total. The van der Waals surface area contributed by atoms with Crippen LogP contribution in [0, 0.1) is 0 Å². The number of rotatable bonds is 3. The lowest BCUT2D eigenvalue weighted by molar-refractivity contribution is -0.113. The number of hydrogen-bond donors (Lipinski definition) is 2. The van der Waals surface area contributed by atoms with Crippen molar-refractivity contribution in [3.63, 3.8) is 0 Å². The molecule has 0 fully saturated rings. The first kappa shape index (κ1) is 13.8. The van der Waals surface area contributed by atoms with Crippen LogP contribution in [0.5, 0.6) is 0 Å². The maximum Gasteiger partial charge on any atom is 0.264 e. The van der Waals surface area contributed by atoms with Crippen LogP contribution in [0.1, 0.15) is 12.0 Å². The van der Waals surface area contributed by atoms with Gasteiger partial charge in [0.15, 0.2) is 0 Å². The van der Waals surface area contributed by atoms with Gasteiger partial charge in [-0.2, -0.15) is 0 Å². The number of thioether (sulfide) groups is 1. The van der Waals surface area contributed by atoms with E-state index >= 15 is 0 Å². The van der Waals surface area contributed by atoms with Crippen molar-refractivity contribution < 1.29 is 13.6 Å². The molecule has 1 aromatic carbocycles. The van der Waals surface area contributed by atoms with E-state index in [2.05, 4.69) is 15.6 Å². The van der Waals surface area contributed by atoms with Crippen molar-refractivity contribution in [2.24, 2.45) is 0 Å². The fourth-order valence-corrected chi connectivity index (χ4v) is 2.79. The molecule has 0 bridgehead atoms. The number of nitrogens with zero attached hydrogens (tertiary/aromatic N) is 1. The highest BCUT2D eigenvalue weighted by Gasteiger charge is 2.15. The molecule has 1 amide bonds. The standard InChI is InChI=1S/C14H11F2N3OS/c15-14(16)8-3-4-17-12(5-8)18-9-1-2-10-11(6-9)21-7-13(20)19-10/h1-6,14H,7H2,(H,17,18)(H,19,20). The van der Waals surface area contributed by atoms with Gasteiger partial charge in [0, 0.05) is 22.3 Å². The first-order valence-corrected chi connectivity index (χ1v) is 7.18. The minimum atomic E-state index is -2.53. The molecule has 3 rings (SSSR count). The molecule has 21 heavy (non-hydrogen) atoms. The lowest BCUT2D eigenvalue weighted by atomic mass is 10.2. The predicted molar refractivity (Wildman–Crippen MR) is 78.3 cm³/mol. The molecular weight excluding hydrogens is 296 g/mol. The Labute approximate surface area is 124 Å². The summed E-state index contributed by atoms with van der Waals surface area (Å²) in [6.07, 6.45) is -1.18. The van der Waals surface area contributed by atoms with E-state index in [1.165, 1.54) is 30.1 Å². The number of pyridine rings is 1. The van der Waals surface area contributed by atoms with E-state index in [0.29, 0.717) is 11.6 Å². The van der Waals surface area contributed by atoms with Crippen molar-refractivity contribution in [3.05, 3.63) is 42.1 Å². The van der Waals surface area contributed by atoms with Gasteiger partial charge in [0.25, 0.3) is 6.43 Å². The normalized spacial score (nSPS) is 13.8. The minimum absolute atomic E-state index is 0.0282. The summed E-state index contributed by atoms with van der Waals surface area (Å²) in [5.74, 6) is 0.701. The number of carbonyl (C=O) groups excluding carboxylic acids is 1. The van der Waals surface area contributed by atoms with Gasteiger partial charge in [0.05, 0.1) is 11.4 Å². The van der Waals surface area contributed by atoms with Gasteiger partial charge in [-0.3, -0.25) is 4.79 Å². The number of anilines is 3. The van der Waals surface area contributed by atoms with Crippen molar-refractivity contribution in [3.8, 4) is 0 Å². The van der Waals surface area contributed by atoms with Gasteiger partial charge in [0.2, 0.25) is 5.91 Å². The Morgan fingerprint density at radius 3 is 2.95 bits per heavy atom. The molecule has 2 heterocycles. The lowest BCUT2D eigenvalue weighted by Gasteiger charge is -2.17. The van der Waals surface area contributed by atoms with Crippen molar-refractivity contribution in [1.29, 1.82) is 0 Å². The number of benzene rings is 1. The zero-order valence-electron chi connectivity index (χ0n) is 10.8. The summed E-state index contributed by atoms with van der Waals surface area (Å²) in [5, 5.41) is 5.76. The second-order valence-corrected chi connectivity index (χ2v) is 5.47. The number of hydrogen-bond acceptors (Lipinski definition) is 4. The fraction of sp³-hybridized carbons (Fsp3) is 0.143. The first-order chi connectivity index (χ1) is 10.1. The summed E-state index contributed by atoms with van der Waals surface area (Å²) in [6.45, 7) is 0. The van der Waals surface area contributed by atoms with Gasteiger partial charge in [0.1, 0.15) is 5.82 Å². The maximum absolute atomic E-state index is 12.6. The Bertz CT molecular complexity index is 694. The molecule has 108 valence electrons. The quantitative estimate of drug-likeness (QED) is 0.905. The van der Waals surface area contributed by atoms with E-state index in [9.17, 15) is 13.6 Å². The molecule has 7 heteroatoms. The lowest BCUT2D eigenvalue weighted by Crippen LogP contribution is -2.18. The summed E-state index contributed by atoms with van der Waals surface area (Å²) >= 11 is 1.44. The second-order valence-electron chi connectivity index (χ2n) is 4.45. The van der Waals surface area contributed by atoms with Crippen LogP contribution >= 0.6 is 11.8 Å². The molecule has 0 saturated carbocycles. The number of carbonyl (C=O) groups is 1. The van der Waals surface area contributed by atoms with Crippen LogP contribution in [0.15, 0.2) is 41.4 Å². The molecule has 4 nitrogen and oxygen atoms in total. The highest BCUT2D eigenvalue weighted by atomic mass is 32.2. The Kier molecular flexibility index (Phi) is 3.74. The van der Waals surface area contributed by atoms with Crippen molar-refractivity contribution in [1.82, 2.24) is 4.98 Å². The maximum atomic E-state index is 12.6. The molecule has 0 aliphatic carbocycles. The Morgan fingerprint density at radius 2 is 2.14 bits per heavy atom. The van der Waals surface area contributed by atoms with Crippen molar-refractivity contribution in [2.75, 3.05) is 16.4 Å². The SMILES string of the molecule is O=C1CSc2cc(Nc3cc(C(F)F)ccn3)ccc2N1. The molecule has 2 aromatic rings. The minimum Gasteiger partial charge on any atom is -0.340 e. The smallest absolute Gasteiger partial charge is 0.264 e. The summed E-state index contributed by atoms with van der Waals surface area (Å²) in [6, 6.07) is 8.00. The third kappa shape index (κ3) is 3.13. The number of fused-ring (bicyclic) bond motifs is 1. The van der Waals surface area contributed by atoms with E-state index in [1.54, 1.807) is 12.1 Å². The zero-order valence-corrected chi connectivity index (χ0v) is 11.6. The fourth-order valence-electron chi connectivity index (χ4n) is 1.95. The summed E-state index contributed by atoms with van der Waals surface area (Å²) < 4.78 is 25.3. The van der Waals surface area contributed by atoms with E-state index in [-0.39, 0.29) is 11.5 Å². The largest absolute Gasteiger partial charge is 0.340 e. The van der Waals surface area contributed by atoms with E-state index in [1.807, 2.05) is 6.07 Å². The average molecular weight is 307 g/mol. The molecule has 1 aromatic heterocycles. The number of nitrogens with one attached hydrogen (secondary N) is 2. The Morgan fingerprint density at radius 1 is 1.29 bits per heavy atom. The van der Waals surface area contributed by atoms with Crippen LogP contribution in [0.3, 0.4) is 0 Å². The molecule has 0 spiro atoms. The predicted octanol–water partition coefficient (Wildman–Crippen LogP) is 3.81. The highest BCUT2D eigenvalue weighted by Crippen LogP contribution is 2.34. The number of amides is 1. The third-order valence-electron chi connectivity index (χ3n) is 2.92. The highest BCUT2D eigenvalue weighted by molar-refractivity contribution is 8.00. The summed E-state index contributed by atoms with van der Waals surface area (Å²) in [4.78, 5) is 16.2. The Balaban J connectivity index is 1.82. The number of aromatic nitrogens is 1. The van der Waals surface area contributed by atoms with Gasteiger partial charge in [-0.15, -0.1) is 11.8 Å². The molecule has 0 atom stereocenters. The average Bonchev–Trinajstić information content (AvgIpc) is 2.48. The first-order valence-electron chi connectivity index (χ1n) is 6.19. The van der Waals surface area contributed by atoms with Crippen molar-refractivity contribution in [2.45, 2.75) is 11.3 Å². The summed E-state index contributed by atoms with van der Waals surface area (Å²) in [5.41, 5.74) is 1.42. The zero-order chi connectivity index (χ0) is 14.8. The van der Waals surface area contributed by atoms with Gasteiger partial charge in [-0.05, 0) is 30.3 Å². The van der Waals surface area contributed by atoms with Gasteiger partial charge in [-0.1, -0.05) is 0 Å². The van der Waals surface area contributed by atoms with Gasteiger partial charge >= 0.3 is 0 Å². The molecule has 0 unspecified atom stereocenters. The number of halogens is 2. The number of alkyl halides is 2. The van der Waals surface area contributed by atoms with Gasteiger partial charge < -0.3 is 10.6 Å². The topological polar surface area (TPSA) is 54.0 Å². The van der Waals surface area contributed by atoms with Crippen LogP contribution in [0.4, 0.5) is 26.0 Å². The third-order valence-corrected chi connectivity index (χ3v) is 3.98. The summed E-state index contributed by atoms with van der Waals surface area (Å²) in [7, 11) is 0. The molecular formula is C14H11F2N3OS. The molecule has 1 aliphatic rings. The van der Waals surface area contributed by atoms with Crippen LogP contribution in [0.25, 0.3) is 0 Å². The second kappa shape index (κ2) is 5.69. The Hall–Kier alpha value is -2.15. The van der Waals surface area contributed by atoms with Crippen molar-refractivity contribution >= 4 is 34.9 Å². The molecule has 0 saturated heterocycles. The van der Waals surface area contributed by atoms with E-state index < -0.39 is 6.43 Å². The van der Waals surface area contributed by atoms with Crippen LogP contribution < -0.4 is 10.6 Å². The molecule has 1 aliphatic heterocycles.